The van der Waals surface area contributed by atoms with E-state index in [1.54, 1.807) is 0 Å². The second-order valence-electron chi connectivity index (χ2n) is 9.25. The average molecular weight is 476 g/mol. The highest BCUT2D eigenvalue weighted by Gasteiger charge is 2.25. The number of aliphatic hydroxyl groups is 1. The van der Waals surface area contributed by atoms with Crippen molar-refractivity contribution in [1.29, 1.82) is 0 Å². The second kappa shape index (κ2) is 9.71. The maximum absolute atomic E-state index is 13.4. The Balaban J connectivity index is 1.63. The Morgan fingerprint density at radius 1 is 1.26 bits per heavy atom. The topological polar surface area (TPSA) is 98.5 Å². The molecule has 0 spiro atoms. The molecule has 35 heavy (non-hydrogen) atoms. The first kappa shape index (κ1) is 23.4. The van der Waals surface area contributed by atoms with Gasteiger partial charge in [-0.2, -0.15) is 0 Å². The Hall–Kier alpha value is -3.36. The quantitative estimate of drug-likeness (QED) is 0.399. The normalized spacial score (nSPS) is 16.3. The van der Waals surface area contributed by atoms with Crippen LogP contribution in [0.1, 0.15) is 36.5 Å². The summed E-state index contributed by atoms with van der Waals surface area (Å²) in [4.78, 5) is 20.2. The number of hydrogen-bond donors (Lipinski definition) is 2. The molecule has 1 aliphatic heterocycles. The minimum atomic E-state index is -0.0519. The SMILES string of the molecule is CCn1c(-c2nc3cc(C(=O)N4CCC[C@@H](N)C4)cc(OCCCO)c3n2C)cc2ccccc21. The maximum Gasteiger partial charge on any atom is 0.254 e. The summed E-state index contributed by atoms with van der Waals surface area (Å²) in [5, 5.41) is 10.4. The molecule has 3 heterocycles. The number of ether oxygens (including phenoxy) is 1. The molecule has 0 unspecified atom stereocenters. The van der Waals surface area contributed by atoms with Crippen molar-refractivity contribution in [3.63, 3.8) is 0 Å². The predicted octanol–water partition coefficient (Wildman–Crippen LogP) is 3.54. The van der Waals surface area contributed by atoms with Crippen LogP contribution in [0.4, 0.5) is 0 Å². The largest absolute Gasteiger partial charge is 0.491 e. The number of imidazole rings is 1. The molecule has 1 atom stereocenters. The molecule has 0 aliphatic carbocycles. The average Bonchev–Trinajstić information content (AvgIpc) is 3.40. The van der Waals surface area contributed by atoms with Gasteiger partial charge in [0.15, 0.2) is 5.82 Å². The van der Waals surface area contributed by atoms with E-state index in [0.29, 0.717) is 42.9 Å². The molecule has 8 nitrogen and oxygen atoms in total. The predicted molar refractivity (Wildman–Crippen MR) is 138 cm³/mol. The summed E-state index contributed by atoms with van der Waals surface area (Å²) in [6.07, 6.45) is 2.35. The van der Waals surface area contributed by atoms with Crippen molar-refractivity contribution in [2.45, 2.75) is 38.8 Å². The van der Waals surface area contributed by atoms with Crippen LogP contribution in [-0.2, 0) is 13.6 Å². The summed E-state index contributed by atoms with van der Waals surface area (Å²) >= 11 is 0. The molecule has 4 aromatic rings. The zero-order valence-electron chi connectivity index (χ0n) is 20.4. The number of carbonyl (C=O) groups excluding carboxylic acids is 1. The van der Waals surface area contributed by atoms with Crippen molar-refractivity contribution in [2.75, 3.05) is 26.3 Å². The van der Waals surface area contributed by atoms with Crippen molar-refractivity contribution < 1.29 is 14.6 Å². The van der Waals surface area contributed by atoms with Gasteiger partial charge in [-0.15, -0.1) is 0 Å². The van der Waals surface area contributed by atoms with Gasteiger partial charge in [-0.05, 0) is 44.0 Å². The van der Waals surface area contributed by atoms with Crippen molar-refractivity contribution in [1.82, 2.24) is 19.0 Å². The number of nitrogens with two attached hydrogens (primary N) is 1. The summed E-state index contributed by atoms with van der Waals surface area (Å²) in [6.45, 7) is 4.60. The first-order chi connectivity index (χ1) is 17.0. The molecule has 0 radical (unpaired) electrons. The van der Waals surface area contributed by atoms with Crippen LogP contribution in [0.25, 0.3) is 33.5 Å². The summed E-state index contributed by atoms with van der Waals surface area (Å²) in [6, 6.07) is 14.2. The number of amides is 1. The molecule has 2 aromatic heterocycles. The van der Waals surface area contributed by atoms with Crippen LogP contribution in [0.2, 0.25) is 0 Å². The number of para-hydroxylation sites is 1. The first-order valence-corrected chi connectivity index (χ1v) is 12.4. The maximum atomic E-state index is 13.4. The number of aliphatic hydroxyl groups excluding tert-OH is 1. The smallest absolute Gasteiger partial charge is 0.254 e. The van der Waals surface area contributed by atoms with Crippen LogP contribution >= 0.6 is 0 Å². The molecule has 0 saturated carbocycles. The third-order valence-corrected chi connectivity index (χ3v) is 6.84. The fraction of sp³-hybridized carbons (Fsp3) is 0.407. The number of aromatic nitrogens is 3. The van der Waals surface area contributed by atoms with Gasteiger partial charge in [-0.3, -0.25) is 4.79 Å². The molecule has 1 aliphatic rings. The van der Waals surface area contributed by atoms with E-state index in [9.17, 15) is 9.90 Å². The van der Waals surface area contributed by atoms with Gasteiger partial charge >= 0.3 is 0 Å². The van der Waals surface area contributed by atoms with Crippen molar-refractivity contribution in [2.24, 2.45) is 12.8 Å². The van der Waals surface area contributed by atoms with E-state index >= 15 is 0 Å². The molecule has 184 valence electrons. The highest BCUT2D eigenvalue weighted by molar-refractivity contribution is 6.00. The molecular formula is C27H33N5O3. The van der Waals surface area contributed by atoms with Crippen LogP contribution in [-0.4, -0.2) is 62.4 Å². The lowest BCUT2D eigenvalue weighted by Crippen LogP contribution is -2.45. The standard InChI is InChI=1S/C27H33N5O3/c1-3-32-22-10-5-4-8-18(22)15-23(32)26-29-21-14-19(27(34)31-11-6-9-20(28)17-31)16-24(25(21)30(26)2)35-13-7-12-33/h4-5,8,10,14-16,20,33H,3,6-7,9,11-13,17,28H2,1-2H3/t20-/m1/s1. The zero-order valence-corrected chi connectivity index (χ0v) is 20.4. The van der Waals surface area contributed by atoms with E-state index in [1.807, 2.05) is 40.8 Å². The van der Waals surface area contributed by atoms with Crippen LogP contribution in [0.5, 0.6) is 5.75 Å². The zero-order chi connectivity index (χ0) is 24.5. The summed E-state index contributed by atoms with van der Waals surface area (Å²) in [5.41, 5.74) is 10.4. The highest BCUT2D eigenvalue weighted by Crippen LogP contribution is 2.34. The number of hydrogen-bond acceptors (Lipinski definition) is 5. The van der Waals surface area contributed by atoms with Crippen molar-refractivity contribution in [3.05, 3.63) is 48.0 Å². The van der Waals surface area contributed by atoms with E-state index in [0.717, 1.165) is 47.3 Å². The van der Waals surface area contributed by atoms with Gasteiger partial charge in [-0.1, -0.05) is 18.2 Å². The monoisotopic (exact) mass is 475 g/mol. The van der Waals surface area contributed by atoms with E-state index in [1.165, 1.54) is 0 Å². The Bertz CT molecular complexity index is 1370. The molecule has 1 amide bonds. The number of rotatable bonds is 7. The molecule has 8 heteroatoms. The summed E-state index contributed by atoms with van der Waals surface area (Å²) < 4.78 is 10.4. The Kier molecular flexibility index (Phi) is 6.49. The van der Waals surface area contributed by atoms with E-state index in [-0.39, 0.29) is 18.6 Å². The van der Waals surface area contributed by atoms with E-state index < -0.39 is 0 Å². The van der Waals surface area contributed by atoms with E-state index in [2.05, 4.69) is 29.7 Å². The molecule has 5 rings (SSSR count). The molecule has 1 saturated heterocycles. The van der Waals surface area contributed by atoms with Gasteiger partial charge in [-0.25, -0.2) is 4.98 Å². The number of benzene rings is 2. The Morgan fingerprint density at radius 2 is 2.09 bits per heavy atom. The number of likely N-dealkylation sites (tertiary alicyclic amines) is 1. The summed E-state index contributed by atoms with van der Waals surface area (Å²) in [5.74, 6) is 1.36. The van der Waals surface area contributed by atoms with Gasteiger partial charge in [0.25, 0.3) is 5.91 Å². The van der Waals surface area contributed by atoms with Gasteiger partial charge in [0.05, 0.1) is 17.8 Å². The second-order valence-corrected chi connectivity index (χ2v) is 9.25. The highest BCUT2D eigenvalue weighted by atomic mass is 16.5. The van der Waals surface area contributed by atoms with Crippen LogP contribution in [0.3, 0.4) is 0 Å². The minimum absolute atomic E-state index is 0.00845. The molecule has 0 bridgehead atoms. The number of fused-ring (bicyclic) bond motifs is 2. The number of aryl methyl sites for hydroxylation is 2. The number of nitrogens with zero attached hydrogens (tertiary/aromatic N) is 4. The fourth-order valence-electron chi connectivity index (χ4n) is 5.13. The van der Waals surface area contributed by atoms with Crippen LogP contribution in [0, 0.1) is 0 Å². The van der Waals surface area contributed by atoms with Gasteiger partial charge in [0.2, 0.25) is 0 Å². The number of carbonyl (C=O) groups is 1. The van der Waals surface area contributed by atoms with E-state index in [4.69, 9.17) is 15.5 Å². The fourth-order valence-corrected chi connectivity index (χ4v) is 5.13. The molecule has 3 N–H and O–H groups in total. The minimum Gasteiger partial charge on any atom is -0.491 e. The lowest BCUT2D eigenvalue weighted by Gasteiger charge is -2.30. The lowest BCUT2D eigenvalue weighted by atomic mass is 10.0. The van der Waals surface area contributed by atoms with Crippen LogP contribution in [0.15, 0.2) is 42.5 Å². The van der Waals surface area contributed by atoms with Gasteiger partial charge in [0, 0.05) is 62.2 Å². The molecule has 2 aromatic carbocycles. The third-order valence-electron chi connectivity index (χ3n) is 6.84. The summed E-state index contributed by atoms with van der Waals surface area (Å²) in [7, 11) is 1.98. The number of piperidine rings is 1. The first-order valence-electron chi connectivity index (χ1n) is 12.4. The molecular weight excluding hydrogens is 442 g/mol. The van der Waals surface area contributed by atoms with Crippen molar-refractivity contribution >= 4 is 27.8 Å². The van der Waals surface area contributed by atoms with Gasteiger partial charge < -0.3 is 29.6 Å². The lowest BCUT2D eigenvalue weighted by molar-refractivity contribution is 0.0708. The molecule has 1 fully saturated rings. The Morgan fingerprint density at radius 3 is 2.86 bits per heavy atom. The van der Waals surface area contributed by atoms with Crippen molar-refractivity contribution in [3.8, 4) is 17.3 Å². The third kappa shape index (κ3) is 4.28. The van der Waals surface area contributed by atoms with Gasteiger partial charge in [0.1, 0.15) is 11.3 Å². The van der Waals surface area contributed by atoms with Crippen LogP contribution < -0.4 is 10.5 Å². The Labute approximate surface area is 204 Å².